The summed E-state index contributed by atoms with van der Waals surface area (Å²) in [6.45, 7) is 4.14. The number of hydrogen-bond donors (Lipinski definition) is 0. The van der Waals surface area contributed by atoms with Gasteiger partial charge in [0.2, 0.25) is 0 Å². The normalized spacial score (nSPS) is 10.7. The second kappa shape index (κ2) is 5.85. The Morgan fingerprint density at radius 2 is 1.83 bits per heavy atom. The van der Waals surface area contributed by atoms with Crippen molar-refractivity contribution in [2.75, 3.05) is 0 Å². The summed E-state index contributed by atoms with van der Waals surface area (Å²) in [4.78, 5) is 4.08. The second-order valence-electron chi connectivity index (χ2n) is 4.23. The quantitative estimate of drug-likeness (QED) is 0.745. The van der Waals surface area contributed by atoms with Crippen molar-refractivity contribution in [3.63, 3.8) is 0 Å². The standard InChI is InChI=1S/C14H13BrFNS/c1-9-3-10(2)5-11(4-9)8-18-14-13(16)6-12(15)7-17-14/h3-7H,8H2,1-2H3. The molecule has 1 heterocycles. The van der Waals surface area contributed by atoms with Crippen LogP contribution in [0.3, 0.4) is 0 Å². The van der Waals surface area contributed by atoms with Crippen LogP contribution in [-0.2, 0) is 5.75 Å². The molecule has 0 saturated heterocycles. The van der Waals surface area contributed by atoms with Crippen molar-refractivity contribution in [2.45, 2.75) is 24.6 Å². The van der Waals surface area contributed by atoms with Gasteiger partial charge >= 0.3 is 0 Å². The third-order valence-electron chi connectivity index (χ3n) is 2.43. The van der Waals surface area contributed by atoms with E-state index in [2.05, 4.69) is 53.0 Å². The number of nitrogens with zero attached hydrogens (tertiary/aromatic N) is 1. The van der Waals surface area contributed by atoms with Gasteiger partial charge in [-0.15, -0.1) is 0 Å². The highest BCUT2D eigenvalue weighted by Crippen LogP contribution is 2.25. The predicted octanol–water partition coefficient (Wildman–Crippen LogP) is 4.89. The van der Waals surface area contributed by atoms with Crippen LogP contribution < -0.4 is 0 Å². The number of aryl methyl sites for hydroxylation is 2. The minimum atomic E-state index is -0.279. The Kier molecular flexibility index (Phi) is 4.40. The number of pyridine rings is 1. The van der Waals surface area contributed by atoms with Crippen LogP contribution in [0.4, 0.5) is 4.39 Å². The number of halogens is 2. The van der Waals surface area contributed by atoms with E-state index in [1.165, 1.54) is 34.5 Å². The van der Waals surface area contributed by atoms with Gasteiger partial charge in [-0.25, -0.2) is 9.37 Å². The highest BCUT2D eigenvalue weighted by Gasteiger charge is 2.06. The Morgan fingerprint density at radius 3 is 2.44 bits per heavy atom. The van der Waals surface area contributed by atoms with Crippen LogP contribution in [0.25, 0.3) is 0 Å². The smallest absolute Gasteiger partial charge is 0.156 e. The molecule has 0 fully saturated rings. The molecule has 0 atom stereocenters. The molecule has 94 valence electrons. The molecule has 0 radical (unpaired) electrons. The number of thioether (sulfide) groups is 1. The molecular weight excluding hydrogens is 313 g/mol. The van der Waals surface area contributed by atoms with E-state index in [0.29, 0.717) is 9.50 Å². The highest BCUT2D eigenvalue weighted by atomic mass is 79.9. The molecule has 1 nitrogen and oxygen atoms in total. The van der Waals surface area contributed by atoms with Crippen molar-refractivity contribution < 1.29 is 4.39 Å². The molecule has 0 unspecified atom stereocenters. The first-order valence-electron chi connectivity index (χ1n) is 5.55. The number of hydrogen-bond acceptors (Lipinski definition) is 2. The third kappa shape index (κ3) is 3.56. The van der Waals surface area contributed by atoms with Crippen LogP contribution in [0.1, 0.15) is 16.7 Å². The lowest BCUT2D eigenvalue weighted by Gasteiger charge is -2.05. The Bertz CT molecular complexity index is 551. The van der Waals surface area contributed by atoms with Crippen LogP contribution in [0.15, 0.2) is 40.0 Å². The maximum absolute atomic E-state index is 13.6. The van der Waals surface area contributed by atoms with Gasteiger partial charge in [-0.3, -0.25) is 0 Å². The molecule has 0 saturated carbocycles. The molecule has 0 amide bonds. The lowest BCUT2D eigenvalue weighted by molar-refractivity contribution is 0.586. The topological polar surface area (TPSA) is 12.9 Å². The van der Waals surface area contributed by atoms with Gasteiger partial charge in [-0.05, 0) is 41.4 Å². The van der Waals surface area contributed by atoms with Gasteiger partial charge < -0.3 is 0 Å². The first kappa shape index (κ1) is 13.6. The van der Waals surface area contributed by atoms with Crippen molar-refractivity contribution in [3.8, 4) is 0 Å². The lowest BCUT2D eigenvalue weighted by atomic mass is 10.1. The SMILES string of the molecule is Cc1cc(C)cc(CSc2ncc(Br)cc2F)c1. The fourth-order valence-corrected chi connectivity index (χ4v) is 2.91. The first-order chi connectivity index (χ1) is 8.54. The van der Waals surface area contributed by atoms with Crippen molar-refractivity contribution in [1.29, 1.82) is 0 Å². The summed E-state index contributed by atoms with van der Waals surface area (Å²) >= 11 is 4.62. The van der Waals surface area contributed by atoms with Crippen molar-refractivity contribution >= 4 is 27.7 Å². The number of benzene rings is 1. The molecule has 0 aliphatic carbocycles. The minimum Gasteiger partial charge on any atom is -0.246 e. The van der Waals surface area contributed by atoms with E-state index in [4.69, 9.17) is 0 Å². The molecule has 4 heteroatoms. The van der Waals surface area contributed by atoms with E-state index in [1.807, 2.05) is 0 Å². The van der Waals surface area contributed by atoms with Crippen LogP contribution in [0.5, 0.6) is 0 Å². The maximum Gasteiger partial charge on any atom is 0.156 e. The van der Waals surface area contributed by atoms with Crippen LogP contribution in [-0.4, -0.2) is 4.98 Å². The molecule has 18 heavy (non-hydrogen) atoms. The Labute approximate surface area is 119 Å². The largest absolute Gasteiger partial charge is 0.246 e. The van der Waals surface area contributed by atoms with E-state index in [9.17, 15) is 4.39 Å². The number of aromatic nitrogens is 1. The third-order valence-corrected chi connectivity index (χ3v) is 3.92. The summed E-state index contributed by atoms with van der Waals surface area (Å²) in [6.07, 6.45) is 1.62. The second-order valence-corrected chi connectivity index (χ2v) is 6.10. The highest BCUT2D eigenvalue weighted by molar-refractivity contribution is 9.10. The molecule has 0 aliphatic heterocycles. The van der Waals surface area contributed by atoms with Crippen molar-refractivity contribution in [3.05, 3.63) is 57.4 Å². The Balaban J connectivity index is 2.11. The van der Waals surface area contributed by atoms with Gasteiger partial charge in [-0.2, -0.15) is 0 Å². The van der Waals surface area contributed by atoms with Crippen LogP contribution in [0, 0.1) is 19.7 Å². The van der Waals surface area contributed by atoms with Crippen molar-refractivity contribution in [2.24, 2.45) is 0 Å². The Hall–Kier alpha value is -0.870. The average molecular weight is 326 g/mol. The van der Waals surface area contributed by atoms with E-state index >= 15 is 0 Å². The average Bonchev–Trinajstić information content (AvgIpc) is 2.26. The van der Waals surface area contributed by atoms with Crippen LogP contribution in [0.2, 0.25) is 0 Å². The van der Waals surface area contributed by atoms with E-state index < -0.39 is 0 Å². The van der Waals surface area contributed by atoms with Crippen LogP contribution >= 0.6 is 27.7 Å². The molecular formula is C14H13BrFNS. The zero-order valence-electron chi connectivity index (χ0n) is 10.2. The van der Waals surface area contributed by atoms with Gasteiger partial charge in [0.1, 0.15) is 5.03 Å². The number of rotatable bonds is 3. The predicted molar refractivity (Wildman–Crippen MR) is 77.4 cm³/mol. The fourth-order valence-electron chi connectivity index (χ4n) is 1.81. The molecule has 0 bridgehead atoms. The molecule has 1 aromatic heterocycles. The minimum absolute atomic E-state index is 0.279. The monoisotopic (exact) mass is 325 g/mol. The van der Waals surface area contributed by atoms with Gasteiger partial charge in [0.15, 0.2) is 5.82 Å². The van der Waals surface area contributed by atoms with Gasteiger partial charge in [0.05, 0.1) is 0 Å². The molecule has 2 rings (SSSR count). The van der Waals surface area contributed by atoms with Crippen molar-refractivity contribution in [1.82, 2.24) is 4.98 Å². The molecule has 0 aliphatic rings. The van der Waals surface area contributed by atoms with E-state index in [1.54, 1.807) is 6.20 Å². The molecule has 1 aromatic carbocycles. The molecule has 2 aromatic rings. The van der Waals surface area contributed by atoms with E-state index in [-0.39, 0.29) is 5.82 Å². The summed E-state index contributed by atoms with van der Waals surface area (Å²) in [5.74, 6) is 0.451. The summed E-state index contributed by atoms with van der Waals surface area (Å²) in [7, 11) is 0. The molecule has 0 spiro atoms. The summed E-state index contributed by atoms with van der Waals surface area (Å²) in [5, 5.41) is 0.442. The Morgan fingerprint density at radius 1 is 1.17 bits per heavy atom. The first-order valence-corrected chi connectivity index (χ1v) is 7.33. The zero-order chi connectivity index (χ0) is 13.1. The van der Waals surface area contributed by atoms with Gasteiger partial charge in [0, 0.05) is 16.4 Å². The summed E-state index contributed by atoms with van der Waals surface area (Å²) in [6, 6.07) is 7.82. The fraction of sp³-hybridized carbons (Fsp3) is 0.214. The lowest BCUT2D eigenvalue weighted by Crippen LogP contribution is -1.89. The van der Waals surface area contributed by atoms with Gasteiger partial charge in [0.25, 0.3) is 0 Å². The molecule has 0 N–H and O–H groups in total. The zero-order valence-corrected chi connectivity index (χ0v) is 12.6. The summed E-state index contributed by atoms with van der Waals surface area (Å²) in [5.41, 5.74) is 3.66. The van der Waals surface area contributed by atoms with E-state index in [0.717, 1.165) is 5.75 Å². The maximum atomic E-state index is 13.6. The van der Waals surface area contributed by atoms with Gasteiger partial charge in [-0.1, -0.05) is 41.1 Å². The summed E-state index contributed by atoms with van der Waals surface area (Å²) < 4.78 is 14.3.